The Morgan fingerprint density at radius 2 is 1.96 bits per heavy atom. The molecule has 1 aromatic heterocycles. The van der Waals surface area contributed by atoms with Gasteiger partial charge in [0.15, 0.2) is 5.16 Å². The largest absolute Gasteiger partial charge is 0.369 e. The quantitative estimate of drug-likeness (QED) is 0.361. The Morgan fingerprint density at radius 1 is 1.08 bits per heavy atom. The highest BCUT2D eigenvalue weighted by atomic mass is 32.2. The Kier molecular flexibility index (Phi) is 5.64. The van der Waals surface area contributed by atoms with Crippen LogP contribution in [0.25, 0.3) is 10.9 Å². The van der Waals surface area contributed by atoms with Crippen LogP contribution in [0.4, 0.5) is 10.2 Å². The van der Waals surface area contributed by atoms with Crippen LogP contribution >= 0.6 is 11.8 Å². The van der Waals surface area contributed by atoms with Gasteiger partial charge in [0.05, 0.1) is 5.52 Å². The third-order valence-electron chi connectivity index (χ3n) is 3.66. The molecule has 0 saturated heterocycles. The van der Waals surface area contributed by atoms with Gasteiger partial charge in [-0.05, 0) is 36.2 Å². The fourth-order valence-electron chi connectivity index (χ4n) is 2.41. The van der Waals surface area contributed by atoms with Crippen LogP contribution in [0.3, 0.4) is 0 Å². The van der Waals surface area contributed by atoms with Gasteiger partial charge in [0.25, 0.3) is 0 Å². The van der Waals surface area contributed by atoms with Gasteiger partial charge in [-0.2, -0.15) is 0 Å². The molecule has 124 valence electrons. The molecule has 5 heteroatoms. The smallest absolute Gasteiger partial charge is 0.190 e. The molecular formula is C19H20FN3S. The first-order chi connectivity index (χ1) is 11.8. The minimum atomic E-state index is -0.213. The van der Waals surface area contributed by atoms with E-state index in [0.29, 0.717) is 10.9 Å². The van der Waals surface area contributed by atoms with Gasteiger partial charge in [0, 0.05) is 17.7 Å². The van der Waals surface area contributed by atoms with E-state index in [1.165, 1.54) is 17.8 Å². The van der Waals surface area contributed by atoms with E-state index in [-0.39, 0.29) is 5.82 Å². The molecule has 0 atom stereocenters. The first-order valence-corrected chi connectivity index (χ1v) is 9.12. The number of aromatic nitrogens is 2. The number of benzene rings is 2. The number of thioether (sulfide) groups is 1. The summed E-state index contributed by atoms with van der Waals surface area (Å²) in [5.41, 5.74) is 1.85. The van der Waals surface area contributed by atoms with Crippen LogP contribution < -0.4 is 5.32 Å². The maximum absolute atomic E-state index is 13.3. The minimum Gasteiger partial charge on any atom is -0.369 e. The van der Waals surface area contributed by atoms with Crippen LogP contribution in [0.15, 0.2) is 53.7 Å². The molecule has 0 aliphatic rings. The number of nitrogens with zero attached hydrogens (tertiary/aromatic N) is 2. The summed E-state index contributed by atoms with van der Waals surface area (Å²) >= 11 is 1.52. The number of nitrogens with one attached hydrogen (secondary N) is 1. The van der Waals surface area contributed by atoms with Crippen LogP contribution in [0.5, 0.6) is 0 Å². The molecule has 3 aromatic rings. The van der Waals surface area contributed by atoms with Gasteiger partial charge < -0.3 is 5.32 Å². The average Bonchev–Trinajstić information content (AvgIpc) is 2.60. The van der Waals surface area contributed by atoms with Crippen LogP contribution in [-0.2, 0) is 5.75 Å². The van der Waals surface area contributed by atoms with Crippen molar-refractivity contribution >= 4 is 28.5 Å². The van der Waals surface area contributed by atoms with Crippen molar-refractivity contribution < 1.29 is 4.39 Å². The van der Waals surface area contributed by atoms with Gasteiger partial charge in [-0.25, -0.2) is 14.4 Å². The predicted octanol–water partition coefficient (Wildman–Crippen LogP) is 5.27. The van der Waals surface area contributed by atoms with E-state index < -0.39 is 0 Å². The molecule has 24 heavy (non-hydrogen) atoms. The molecule has 1 N–H and O–H groups in total. The Morgan fingerprint density at radius 3 is 2.79 bits per heavy atom. The SMILES string of the molecule is CCCCNc1nc(SCc2cccc(F)c2)nc2ccccc12. The van der Waals surface area contributed by atoms with Crippen molar-refractivity contribution in [3.8, 4) is 0 Å². The molecule has 0 bridgehead atoms. The number of unbranched alkanes of at least 4 members (excludes halogenated alkanes) is 1. The van der Waals surface area contributed by atoms with Gasteiger partial charge in [-0.1, -0.05) is 49.4 Å². The first-order valence-electron chi connectivity index (χ1n) is 8.14. The van der Waals surface area contributed by atoms with Crippen LogP contribution in [0.2, 0.25) is 0 Å². The topological polar surface area (TPSA) is 37.8 Å². The highest BCUT2D eigenvalue weighted by molar-refractivity contribution is 7.98. The second-order valence-corrected chi connectivity index (χ2v) is 6.51. The molecule has 0 aliphatic heterocycles. The summed E-state index contributed by atoms with van der Waals surface area (Å²) in [7, 11) is 0. The molecule has 0 amide bonds. The van der Waals surface area contributed by atoms with E-state index >= 15 is 0 Å². The lowest BCUT2D eigenvalue weighted by atomic mass is 10.2. The highest BCUT2D eigenvalue weighted by Crippen LogP contribution is 2.26. The third-order valence-corrected chi connectivity index (χ3v) is 4.58. The highest BCUT2D eigenvalue weighted by Gasteiger charge is 2.08. The van der Waals surface area contributed by atoms with Crippen molar-refractivity contribution in [2.24, 2.45) is 0 Å². The van der Waals surface area contributed by atoms with Crippen LogP contribution in [0, 0.1) is 5.82 Å². The summed E-state index contributed by atoms with van der Waals surface area (Å²) in [6.45, 7) is 3.06. The minimum absolute atomic E-state index is 0.213. The summed E-state index contributed by atoms with van der Waals surface area (Å²) in [4.78, 5) is 9.28. The number of rotatable bonds is 7. The zero-order valence-corrected chi connectivity index (χ0v) is 14.4. The molecule has 0 radical (unpaired) electrons. The molecular weight excluding hydrogens is 321 g/mol. The Balaban J connectivity index is 1.82. The summed E-state index contributed by atoms with van der Waals surface area (Å²) in [6, 6.07) is 14.6. The van der Waals surface area contributed by atoms with E-state index in [4.69, 9.17) is 0 Å². The second kappa shape index (κ2) is 8.11. The molecule has 0 saturated carbocycles. The molecule has 0 aliphatic carbocycles. The first kappa shape index (κ1) is 16.7. The number of hydrogen-bond acceptors (Lipinski definition) is 4. The number of fused-ring (bicyclic) bond motifs is 1. The Labute approximate surface area is 145 Å². The van der Waals surface area contributed by atoms with Crippen molar-refractivity contribution in [2.75, 3.05) is 11.9 Å². The molecule has 0 unspecified atom stereocenters. The zero-order valence-electron chi connectivity index (χ0n) is 13.6. The van der Waals surface area contributed by atoms with Gasteiger partial charge in [0.1, 0.15) is 11.6 Å². The monoisotopic (exact) mass is 341 g/mol. The standard InChI is InChI=1S/C19H20FN3S/c1-2-3-11-21-18-16-9-4-5-10-17(16)22-19(23-18)24-13-14-7-6-8-15(20)12-14/h4-10,12H,2-3,11,13H2,1H3,(H,21,22,23). The lowest BCUT2D eigenvalue weighted by Gasteiger charge is -2.10. The Bertz CT molecular complexity index is 823. The molecule has 2 aromatic carbocycles. The number of hydrogen-bond donors (Lipinski definition) is 1. The van der Waals surface area contributed by atoms with E-state index in [1.807, 2.05) is 30.3 Å². The molecule has 1 heterocycles. The molecule has 3 nitrogen and oxygen atoms in total. The molecule has 3 rings (SSSR count). The van der Waals surface area contributed by atoms with Gasteiger partial charge in [0.2, 0.25) is 0 Å². The maximum Gasteiger partial charge on any atom is 0.190 e. The second-order valence-electron chi connectivity index (χ2n) is 5.57. The summed E-state index contributed by atoms with van der Waals surface area (Å²) in [6.07, 6.45) is 2.24. The normalized spacial score (nSPS) is 10.9. The fraction of sp³-hybridized carbons (Fsp3) is 0.263. The summed E-state index contributed by atoms with van der Waals surface area (Å²) in [5, 5.41) is 5.15. The predicted molar refractivity (Wildman–Crippen MR) is 98.9 cm³/mol. The number of anilines is 1. The molecule has 0 spiro atoms. The van der Waals surface area contributed by atoms with E-state index in [0.717, 1.165) is 41.7 Å². The van der Waals surface area contributed by atoms with Crippen molar-refractivity contribution in [2.45, 2.75) is 30.7 Å². The van der Waals surface area contributed by atoms with Crippen LogP contribution in [0.1, 0.15) is 25.3 Å². The van der Waals surface area contributed by atoms with Crippen molar-refractivity contribution in [3.05, 3.63) is 59.9 Å². The van der Waals surface area contributed by atoms with Crippen molar-refractivity contribution in [1.82, 2.24) is 9.97 Å². The lowest BCUT2D eigenvalue weighted by molar-refractivity contribution is 0.626. The van der Waals surface area contributed by atoms with Gasteiger partial charge >= 0.3 is 0 Å². The number of halogens is 1. The Hall–Kier alpha value is -2.14. The zero-order chi connectivity index (χ0) is 16.8. The van der Waals surface area contributed by atoms with Gasteiger partial charge in [-0.15, -0.1) is 0 Å². The van der Waals surface area contributed by atoms with E-state index in [2.05, 4.69) is 22.2 Å². The van der Waals surface area contributed by atoms with Crippen LogP contribution in [-0.4, -0.2) is 16.5 Å². The van der Waals surface area contributed by atoms with E-state index in [1.54, 1.807) is 12.1 Å². The average molecular weight is 341 g/mol. The lowest BCUT2D eigenvalue weighted by Crippen LogP contribution is -2.05. The molecule has 0 fully saturated rings. The summed E-state index contributed by atoms with van der Waals surface area (Å²) < 4.78 is 13.3. The number of para-hydroxylation sites is 1. The van der Waals surface area contributed by atoms with Gasteiger partial charge in [-0.3, -0.25) is 0 Å². The summed E-state index contributed by atoms with van der Waals surface area (Å²) in [5.74, 6) is 1.30. The maximum atomic E-state index is 13.3. The van der Waals surface area contributed by atoms with E-state index in [9.17, 15) is 4.39 Å². The third kappa shape index (κ3) is 4.23. The van der Waals surface area contributed by atoms with Crippen molar-refractivity contribution in [1.29, 1.82) is 0 Å². The fourth-order valence-corrected chi connectivity index (χ4v) is 3.21. The van der Waals surface area contributed by atoms with Crippen molar-refractivity contribution in [3.63, 3.8) is 0 Å².